The molecule has 2 rings (SSSR count). The number of hydrogen-bond donors (Lipinski definition) is 2. The van der Waals surface area contributed by atoms with Crippen molar-refractivity contribution in [1.82, 2.24) is 5.32 Å². The number of nitrogens with one attached hydrogen (secondary N) is 1. The predicted octanol–water partition coefficient (Wildman–Crippen LogP) is 2.20. The lowest BCUT2D eigenvalue weighted by Crippen LogP contribution is -2.44. The fourth-order valence-corrected chi connectivity index (χ4v) is 3.24. The fourth-order valence-electron chi connectivity index (χ4n) is 3.24. The summed E-state index contributed by atoms with van der Waals surface area (Å²) in [5.74, 6) is -0.817. The molecule has 1 saturated carbocycles. The summed E-state index contributed by atoms with van der Waals surface area (Å²) in [5, 5.41) is 12.3. The van der Waals surface area contributed by atoms with Gasteiger partial charge in [-0.25, -0.2) is 0 Å². The molecular weight excluding hydrogens is 242 g/mol. The number of hydrogen-bond acceptors (Lipinski definition) is 2. The number of rotatable bonds is 3. The predicted molar refractivity (Wildman–Crippen MR) is 72.5 cm³/mol. The summed E-state index contributed by atoms with van der Waals surface area (Å²) >= 11 is 0. The van der Waals surface area contributed by atoms with Gasteiger partial charge in [0.1, 0.15) is 0 Å². The molecule has 0 aromatic heterocycles. The molecule has 2 N–H and O–H groups in total. The van der Waals surface area contributed by atoms with Crippen molar-refractivity contribution in [3.63, 3.8) is 0 Å². The average molecular weight is 265 g/mol. The van der Waals surface area contributed by atoms with Crippen molar-refractivity contribution in [2.75, 3.05) is 0 Å². The van der Waals surface area contributed by atoms with Gasteiger partial charge >= 0.3 is 5.97 Å². The lowest BCUT2D eigenvalue weighted by atomic mass is 9.82. The van der Waals surface area contributed by atoms with Gasteiger partial charge in [-0.05, 0) is 37.5 Å². The quantitative estimate of drug-likeness (QED) is 0.769. The van der Waals surface area contributed by atoms with Gasteiger partial charge < -0.3 is 10.4 Å². The van der Waals surface area contributed by atoms with Gasteiger partial charge in [-0.3, -0.25) is 9.59 Å². The monoisotopic (exact) mass is 265 g/mol. The number of amides is 1. The van der Waals surface area contributed by atoms with Gasteiger partial charge in [0.2, 0.25) is 5.91 Å². The Morgan fingerprint density at radius 3 is 2.26 bits per heavy atom. The fraction of sp³-hybridized carbons (Fsp3) is 0.733. The van der Waals surface area contributed by atoms with Crippen LogP contribution < -0.4 is 5.32 Å². The molecule has 0 bridgehead atoms. The maximum absolute atomic E-state index is 12.3. The molecule has 19 heavy (non-hydrogen) atoms. The second kappa shape index (κ2) is 5.76. The van der Waals surface area contributed by atoms with E-state index < -0.39 is 17.8 Å². The number of carbonyl (C=O) groups excluding carboxylic acids is 1. The molecule has 2 aliphatic carbocycles. The van der Waals surface area contributed by atoms with Crippen molar-refractivity contribution in [2.24, 2.45) is 23.7 Å². The van der Waals surface area contributed by atoms with Gasteiger partial charge in [-0.1, -0.05) is 26.0 Å². The van der Waals surface area contributed by atoms with Crippen LogP contribution in [0.5, 0.6) is 0 Å². The SMILES string of the molecule is CC1CCC(NC(=O)C2CC=CCC2C(=O)O)C1C. The van der Waals surface area contributed by atoms with E-state index in [9.17, 15) is 14.7 Å². The molecule has 0 aliphatic heterocycles. The maximum atomic E-state index is 12.3. The summed E-state index contributed by atoms with van der Waals surface area (Å²) in [5.41, 5.74) is 0. The minimum atomic E-state index is -0.864. The first-order chi connectivity index (χ1) is 9.00. The van der Waals surface area contributed by atoms with E-state index in [-0.39, 0.29) is 11.9 Å². The number of allylic oxidation sites excluding steroid dienone is 2. The van der Waals surface area contributed by atoms with E-state index in [0.29, 0.717) is 24.7 Å². The van der Waals surface area contributed by atoms with Crippen LogP contribution in [0.25, 0.3) is 0 Å². The Labute approximate surface area is 114 Å². The molecule has 5 atom stereocenters. The number of carboxylic acid groups (broad SMARTS) is 1. The van der Waals surface area contributed by atoms with Crippen LogP contribution in [0.2, 0.25) is 0 Å². The first-order valence-corrected chi connectivity index (χ1v) is 7.19. The van der Waals surface area contributed by atoms with Gasteiger partial charge in [-0.2, -0.15) is 0 Å². The molecular formula is C15H23NO3. The highest BCUT2D eigenvalue weighted by molar-refractivity contribution is 5.85. The zero-order chi connectivity index (χ0) is 14.0. The van der Waals surface area contributed by atoms with E-state index in [1.165, 1.54) is 0 Å². The van der Waals surface area contributed by atoms with Crippen LogP contribution in [0.15, 0.2) is 12.2 Å². The molecule has 1 fully saturated rings. The molecule has 0 aromatic carbocycles. The molecule has 0 heterocycles. The summed E-state index contributed by atoms with van der Waals surface area (Å²) in [6.45, 7) is 4.37. The Bertz CT molecular complexity index is 391. The first kappa shape index (κ1) is 14.1. The van der Waals surface area contributed by atoms with Gasteiger partial charge in [0.15, 0.2) is 0 Å². The zero-order valence-electron chi connectivity index (χ0n) is 11.6. The first-order valence-electron chi connectivity index (χ1n) is 7.19. The van der Waals surface area contributed by atoms with E-state index in [0.717, 1.165) is 12.8 Å². The van der Waals surface area contributed by atoms with Crippen molar-refractivity contribution < 1.29 is 14.7 Å². The summed E-state index contributed by atoms with van der Waals surface area (Å²) in [7, 11) is 0. The van der Waals surface area contributed by atoms with Crippen LogP contribution in [0.4, 0.5) is 0 Å². The lowest BCUT2D eigenvalue weighted by molar-refractivity contribution is -0.147. The van der Waals surface area contributed by atoms with Crippen LogP contribution in [-0.2, 0) is 9.59 Å². The van der Waals surface area contributed by atoms with Crippen LogP contribution >= 0.6 is 0 Å². The molecule has 106 valence electrons. The van der Waals surface area contributed by atoms with E-state index in [1.54, 1.807) is 0 Å². The summed E-state index contributed by atoms with van der Waals surface area (Å²) < 4.78 is 0. The Kier molecular flexibility index (Phi) is 4.27. The van der Waals surface area contributed by atoms with Crippen molar-refractivity contribution in [3.05, 3.63) is 12.2 Å². The smallest absolute Gasteiger partial charge is 0.307 e. The molecule has 0 aromatic rings. The number of carboxylic acids is 1. The Balaban J connectivity index is 1.99. The van der Waals surface area contributed by atoms with Crippen molar-refractivity contribution in [1.29, 1.82) is 0 Å². The van der Waals surface area contributed by atoms with Gasteiger partial charge in [0, 0.05) is 6.04 Å². The Hall–Kier alpha value is -1.32. The van der Waals surface area contributed by atoms with Crippen molar-refractivity contribution in [3.8, 4) is 0 Å². The second-order valence-corrected chi connectivity index (χ2v) is 6.02. The topological polar surface area (TPSA) is 66.4 Å². The minimum absolute atomic E-state index is 0.0808. The number of carbonyl (C=O) groups is 2. The van der Waals surface area contributed by atoms with Crippen molar-refractivity contribution >= 4 is 11.9 Å². The Morgan fingerprint density at radius 1 is 1.11 bits per heavy atom. The second-order valence-electron chi connectivity index (χ2n) is 6.02. The maximum Gasteiger partial charge on any atom is 0.307 e. The van der Waals surface area contributed by atoms with Gasteiger partial charge in [0.05, 0.1) is 11.8 Å². The third-order valence-electron chi connectivity index (χ3n) is 4.88. The third-order valence-corrected chi connectivity index (χ3v) is 4.88. The van der Waals surface area contributed by atoms with E-state index in [2.05, 4.69) is 19.2 Å². The zero-order valence-corrected chi connectivity index (χ0v) is 11.6. The molecule has 0 radical (unpaired) electrons. The minimum Gasteiger partial charge on any atom is -0.481 e. The lowest BCUT2D eigenvalue weighted by Gasteiger charge is -2.27. The van der Waals surface area contributed by atoms with E-state index >= 15 is 0 Å². The summed E-state index contributed by atoms with van der Waals surface area (Å²) in [6.07, 6.45) is 6.93. The van der Waals surface area contributed by atoms with E-state index in [4.69, 9.17) is 0 Å². The van der Waals surface area contributed by atoms with Crippen LogP contribution in [0.1, 0.15) is 39.5 Å². The van der Waals surface area contributed by atoms with Gasteiger partial charge in [-0.15, -0.1) is 0 Å². The highest BCUT2D eigenvalue weighted by Crippen LogP contribution is 2.32. The van der Waals surface area contributed by atoms with E-state index in [1.807, 2.05) is 12.2 Å². The standard InChI is InChI=1S/C15H23NO3/c1-9-7-8-13(10(9)2)16-14(17)11-5-3-4-6-12(11)15(18)19/h3-4,9-13H,5-8H2,1-2H3,(H,16,17)(H,18,19). The highest BCUT2D eigenvalue weighted by Gasteiger charge is 2.37. The summed E-state index contributed by atoms with van der Waals surface area (Å²) in [6, 6.07) is 0.211. The van der Waals surface area contributed by atoms with Crippen LogP contribution in [0.3, 0.4) is 0 Å². The van der Waals surface area contributed by atoms with Crippen molar-refractivity contribution in [2.45, 2.75) is 45.6 Å². The molecule has 4 nitrogen and oxygen atoms in total. The van der Waals surface area contributed by atoms with Gasteiger partial charge in [0.25, 0.3) is 0 Å². The molecule has 0 saturated heterocycles. The molecule has 5 unspecified atom stereocenters. The molecule has 4 heteroatoms. The average Bonchev–Trinajstić information content (AvgIpc) is 2.70. The number of aliphatic carboxylic acids is 1. The van der Waals surface area contributed by atoms with Crippen LogP contribution in [-0.4, -0.2) is 23.0 Å². The highest BCUT2D eigenvalue weighted by atomic mass is 16.4. The molecule has 0 spiro atoms. The third kappa shape index (κ3) is 2.99. The molecule has 1 amide bonds. The molecule has 2 aliphatic rings. The van der Waals surface area contributed by atoms with Crippen LogP contribution in [0, 0.1) is 23.7 Å². The largest absolute Gasteiger partial charge is 0.481 e. The normalized spacial score (nSPS) is 38.1. The summed E-state index contributed by atoms with van der Waals surface area (Å²) in [4.78, 5) is 23.5. The Morgan fingerprint density at radius 2 is 1.74 bits per heavy atom.